The third-order valence-corrected chi connectivity index (χ3v) is 12.3. The number of rotatable bonds is 51. The van der Waals surface area contributed by atoms with E-state index in [4.69, 9.17) is 14.2 Å². The fraction of sp³-hybridized carbons (Fsp3) is 0.814. The second kappa shape index (κ2) is 54.0. The van der Waals surface area contributed by atoms with E-state index in [1.54, 1.807) is 0 Å². The normalized spacial score (nSPS) is 12.4. The molecule has 0 unspecified atom stereocenters. The number of hydrogen-bond acceptors (Lipinski definition) is 6. The van der Waals surface area contributed by atoms with E-state index in [1.807, 2.05) is 0 Å². The predicted octanol–water partition coefficient (Wildman–Crippen LogP) is 18.7. The summed E-state index contributed by atoms with van der Waals surface area (Å²) >= 11 is 0. The van der Waals surface area contributed by atoms with Crippen LogP contribution in [0.3, 0.4) is 0 Å². The monoisotopic (exact) mass is 911 g/mol. The lowest BCUT2D eigenvalue weighted by molar-refractivity contribution is -0.167. The number of allylic oxidation sites excluding steroid dienone is 8. The summed E-state index contributed by atoms with van der Waals surface area (Å²) in [6, 6.07) is 0. The molecule has 0 saturated heterocycles. The van der Waals surface area contributed by atoms with Crippen LogP contribution in [0.25, 0.3) is 0 Å². The zero-order valence-corrected chi connectivity index (χ0v) is 43.3. The second-order valence-corrected chi connectivity index (χ2v) is 18.9. The van der Waals surface area contributed by atoms with Crippen molar-refractivity contribution in [2.45, 2.75) is 297 Å². The van der Waals surface area contributed by atoms with Crippen molar-refractivity contribution >= 4 is 17.9 Å². The lowest BCUT2D eigenvalue weighted by atomic mass is 10.0. The van der Waals surface area contributed by atoms with Gasteiger partial charge in [0.25, 0.3) is 0 Å². The minimum atomic E-state index is -0.790. The van der Waals surface area contributed by atoms with Crippen molar-refractivity contribution in [1.29, 1.82) is 0 Å². The predicted molar refractivity (Wildman–Crippen MR) is 279 cm³/mol. The SMILES string of the molecule is CCCCC/C=C/C/C=C/C/C=C/C/C=C/CCCC(=O)OC[C@@H](COC(=O)CCCCCCCCCCCCCCCCC)OC(=O)CCCCCCCCCCCCCCCCC. The summed E-state index contributed by atoms with van der Waals surface area (Å²) in [5.41, 5.74) is 0. The van der Waals surface area contributed by atoms with Gasteiger partial charge in [0.05, 0.1) is 0 Å². The molecule has 1 atom stereocenters. The van der Waals surface area contributed by atoms with Crippen LogP contribution in [0.4, 0.5) is 0 Å². The molecule has 6 nitrogen and oxygen atoms in total. The number of carbonyl (C=O) groups excluding carboxylic acids is 3. The van der Waals surface area contributed by atoms with Gasteiger partial charge in [0.15, 0.2) is 6.10 Å². The van der Waals surface area contributed by atoms with E-state index in [9.17, 15) is 14.4 Å². The second-order valence-electron chi connectivity index (χ2n) is 18.9. The van der Waals surface area contributed by atoms with E-state index in [-0.39, 0.29) is 37.5 Å². The average Bonchev–Trinajstić information content (AvgIpc) is 3.30. The largest absolute Gasteiger partial charge is 0.462 e. The van der Waals surface area contributed by atoms with Crippen LogP contribution in [0.5, 0.6) is 0 Å². The fourth-order valence-electron chi connectivity index (χ4n) is 8.08. The maximum atomic E-state index is 12.8. The van der Waals surface area contributed by atoms with Gasteiger partial charge < -0.3 is 14.2 Å². The Labute approximate surface area is 403 Å². The van der Waals surface area contributed by atoms with Gasteiger partial charge in [-0.1, -0.05) is 262 Å². The molecule has 0 aromatic rings. The van der Waals surface area contributed by atoms with Gasteiger partial charge >= 0.3 is 17.9 Å². The number of carbonyl (C=O) groups is 3. The highest BCUT2D eigenvalue weighted by Crippen LogP contribution is 2.16. The first-order valence-electron chi connectivity index (χ1n) is 28.1. The molecule has 0 aliphatic heterocycles. The standard InChI is InChI=1S/C59H106O6/c1-4-7-10-13-16-19-22-25-28-29-32-34-37-40-43-46-49-52-58(61)64-55-56(65-59(62)53-50-47-44-41-38-35-31-27-24-21-18-15-12-9-6-3)54-63-57(60)51-48-45-42-39-36-33-30-26-23-20-17-14-11-8-5-2/h16,19,25,28,32,34,40,43,56H,4-15,17-18,20-24,26-27,29-31,33,35-39,41-42,44-55H2,1-3H3/b19-16+,28-25+,34-32+,43-40+/t56-/m1/s1. The summed E-state index contributed by atoms with van der Waals surface area (Å²) in [5.74, 6) is -0.929. The summed E-state index contributed by atoms with van der Waals surface area (Å²) in [7, 11) is 0. The highest BCUT2D eigenvalue weighted by Gasteiger charge is 2.19. The van der Waals surface area contributed by atoms with Crippen molar-refractivity contribution in [3.63, 3.8) is 0 Å². The smallest absolute Gasteiger partial charge is 0.306 e. The van der Waals surface area contributed by atoms with Crippen LogP contribution < -0.4 is 0 Å². The van der Waals surface area contributed by atoms with Crippen LogP contribution >= 0.6 is 0 Å². The molecular weight excluding hydrogens is 805 g/mol. The molecule has 0 rings (SSSR count). The Morgan fingerprint density at radius 1 is 0.308 bits per heavy atom. The Balaban J connectivity index is 4.43. The number of hydrogen-bond donors (Lipinski definition) is 0. The Bertz CT molecular complexity index is 1140. The first-order chi connectivity index (χ1) is 32.0. The average molecular weight is 911 g/mol. The van der Waals surface area contributed by atoms with E-state index in [0.717, 1.165) is 64.2 Å². The van der Waals surface area contributed by atoms with Crippen molar-refractivity contribution in [2.75, 3.05) is 13.2 Å². The lowest BCUT2D eigenvalue weighted by Crippen LogP contribution is -2.30. The lowest BCUT2D eigenvalue weighted by Gasteiger charge is -2.18. The van der Waals surface area contributed by atoms with Crippen LogP contribution in [0.2, 0.25) is 0 Å². The summed E-state index contributed by atoms with van der Waals surface area (Å²) in [6.07, 6.45) is 65.3. The first kappa shape index (κ1) is 62.4. The fourth-order valence-corrected chi connectivity index (χ4v) is 8.08. The molecule has 6 heteroatoms. The molecule has 0 heterocycles. The molecule has 0 amide bonds. The molecule has 0 saturated carbocycles. The van der Waals surface area contributed by atoms with Crippen molar-refractivity contribution in [3.05, 3.63) is 48.6 Å². The van der Waals surface area contributed by atoms with Crippen molar-refractivity contribution in [2.24, 2.45) is 0 Å². The molecule has 0 aliphatic rings. The third kappa shape index (κ3) is 52.2. The highest BCUT2D eigenvalue weighted by atomic mass is 16.6. The van der Waals surface area contributed by atoms with E-state index in [1.165, 1.54) is 180 Å². The van der Waals surface area contributed by atoms with Crippen LogP contribution in [0.15, 0.2) is 48.6 Å². The number of ether oxygens (including phenoxy) is 3. The van der Waals surface area contributed by atoms with Gasteiger partial charge in [-0.15, -0.1) is 0 Å². The summed E-state index contributed by atoms with van der Waals surface area (Å²) < 4.78 is 16.8. The van der Waals surface area contributed by atoms with Gasteiger partial charge in [0.1, 0.15) is 13.2 Å². The zero-order chi connectivity index (χ0) is 47.2. The maximum absolute atomic E-state index is 12.8. The Hall–Kier alpha value is -2.63. The molecule has 0 aromatic heterocycles. The first-order valence-corrected chi connectivity index (χ1v) is 28.1. The highest BCUT2D eigenvalue weighted by molar-refractivity contribution is 5.71. The van der Waals surface area contributed by atoms with E-state index in [0.29, 0.717) is 19.3 Å². The quantitative estimate of drug-likeness (QED) is 0.0262. The topological polar surface area (TPSA) is 78.9 Å². The van der Waals surface area contributed by atoms with Gasteiger partial charge in [-0.05, 0) is 57.8 Å². The van der Waals surface area contributed by atoms with Crippen LogP contribution in [0, 0.1) is 0 Å². The summed E-state index contributed by atoms with van der Waals surface area (Å²) in [5, 5.41) is 0. The molecular formula is C59H106O6. The molecule has 0 N–H and O–H groups in total. The van der Waals surface area contributed by atoms with Gasteiger partial charge in [-0.2, -0.15) is 0 Å². The van der Waals surface area contributed by atoms with Crippen LogP contribution in [-0.4, -0.2) is 37.2 Å². The van der Waals surface area contributed by atoms with Crippen molar-refractivity contribution in [3.8, 4) is 0 Å². The van der Waals surface area contributed by atoms with Gasteiger partial charge in [0.2, 0.25) is 0 Å². The van der Waals surface area contributed by atoms with Crippen LogP contribution in [-0.2, 0) is 28.6 Å². The zero-order valence-electron chi connectivity index (χ0n) is 43.3. The van der Waals surface area contributed by atoms with E-state index >= 15 is 0 Å². The minimum Gasteiger partial charge on any atom is -0.462 e. The Morgan fingerprint density at radius 2 is 0.569 bits per heavy atom. The van der Waals surface area contributed by atoms with E-state index in [2.05, 4.69) is 69.4 Å². The molecule has 0 radical (unpaired) electrons. The van der Waals surface area contributed by atoms with Gasteiger partial charge in [-0.25, -0.2) is 0 Å². The Morgan fingerprint density at radius 3 is 0.923 bits per heavy atom. The molecule has 0 spiro atoms. The van der Waals surface area contributed by atoms with Gasteiger partial charge in [-0.3, -0.25) is 14.4 Å². The van der Waals surface area contributed by atoms with Gasteiger partial charge in [0, 0.05) is 19.3 Å². The maximum Gasteiger partial charge on any atom is 0.306 e. The summed E-state index contributed by atoms with van der Waals surface area (Å²) in [4.78, 5) is 38.1. The third-order valence-electron chi connectivity index (χ3n) is 12.3. The summed E-state index contributed by atoms with van der Waals surface area (Å²) in [6.45, 7) is 6.60. The molecule has 378 valence electrons. The van der Waals surface area contributed by atoms with Crippen molar-refractivity contribution < 1.29 is 28.6 Å². The van der Waals surface area contributed by atoms with Crippen LogP contribution in [0.1, 0.15) is 290 Å². The molecule has 0 aromatic carbocycles. The molecule has 0 aliphatic carbocycles. The minimum absolute atomic E-state index is 0.0856. The molecule has 65 heavy (non-hydrogen) atoms. The number of esters is 3. The van der Waals surface area contributed by atoms with E-state index < -0.39 is 6.10 Å². The molecule has 0 bridgehead atoms. The molecule has 0 fully saturated rings. The van der Waals surface area contributed by atoms with Crippen molar-refractivity contribution in [1.82, 2.24) is 0 Å². The number of unbranched alkanes of at least 4 members (excludes halogenated alkanes) is 32. The Kier molecular flexibility index (Phi) is 51.8.